The number of guanidine groups is 1. The van der Waals surface area contributed by atoms with Gasteiger partial charge in [-0.2, -0.15) is 0 Å². The van der Waals surface area contributed by atoms with E-state index in [0.29, 0.717) is 12.5 Å². The number of para-hydroxylation sites is 1. The van der Waals surface area contributed by atoms with Crippen LogP contribution in [0.15, 0.2) is 29.3 Å². The quantitative estimate of drug-likeness (QED) is 0.587. The Morgan fingerprint density at radius 1 is 1.27 bits per heavy atom. The molecule has 0 unspecified atom stereocenters. The van der Waals surface area contributed by atoms with E-state index in [2.05, 4.69) is 22.5 Å². The van der Waals surface area contributed by atoms with Gasteiger partial charge in [0.25, 0.3) is 0 Å². The summed E-state index contributed by atoms with van der Waals surface area (Å²) < 4.78 is 5.32. The van der Waals surface area contributed by atoms with Crippen LogP contribution in [-0.4, -0.2) is 51.1 Å². The van der Waals surface area contributed by atoms with Crippen molar-refractivity contribution in [3.05, 3.63) is 29.8 Å². The van der Waals surface area contributed by atoms with E-state index in [0.717, 1.165) is 24.3 Å². The van der Waals surface area contributed by atoms with Gasteiger partial charge in [0.2, 0.25) is 5.91 Å². The number of ether oxygens (including phenoxy) is 1. The average molecular weight is 306 g/mol. The maximum Gasteiger partial charge on any atom is 0.241 e. The van der Waals surface area contributed by atoms with Crippen LogP contribution in [0, 0.1) is 0 Å². The summed E-state index contributed by atoms with van der Waals surface area (Å²) in [5.74, 6) is 1.44. The van der Waals surface area contributed by atoms with Crippen molar-refractivity contribution in [3.8, 4) is 5.75 Å². The number of rotatable bonds is 7. The molecule has 1 aromatic rings. The number of methoxy groups -OCH3 is 1. The zero-order valence-electron chi connectivity index (χ0n) is 13.8. The van der Waals surface area contributed by atoms with E-state index in [4.69, 9.17) is 4.74 Å². The molecule has 0 aromatic heterocycles. The predicted octanol–water partition coefficient (Wildman–Crippen LogP) is 1.23. The minimum Gasteiger partial charge on any atom is -0.496 e. The van der Waals surface area contributed by atoms with Crippen LogP contribution in [-0.2, 0) is 11.3 Å². The third-order valence-electron chi connectivity index (χ3n) is 3.05. The van der Waals surface area contributed by atoms with Gasteiger partial charge in [0.1, 0.15) is 5.75 Å². The van der Waals surface area contributed by atoms with Crippen LogP contribution in [0.2, 0.25) is 0 Å². The first-order valence-corrected chi connectivity index (χ1v) is 7.42. The standard InChI is InChI=1S/C16H26N4O2/c1-5-10-17-16(19-12-15(21)20(2)3)18-11-13-8-6-7-9-14(13)22-4/h6-9H,5,10-12H2,1-4H3,(H2,17,18,19). The first-order chi connectivity index (χ1) is 10.6. The number of carbonyl (C=O) groups excluding carboxylic acids is 1. The van der Waals surface area contributed by atoms with Crippen LogP contribution in [0.1, 0.15) is 18.9 Å². The second-order valence-corrected chi connectivity index (χ2v) is 5.05. The van der Waals surface area contributed by atoms with Gasteiger partial charge in [-0.05, 0) is 12.5 Å². The van der Waals surface area contributed by atoms with Gasteiger partial charge in [0, 0.05) is 26.2 Å². The molecule has 0 heterocycles. The molecule has 6 nitrogen and oxygen atoms in total. The molecule has 0 radical (unpaired) electrons. The summed E-state index contributed by atoms with van der Waals surface area (Å²) in [5.41, 5.74) is 1.00. The molecule has 0 atom stereocenters. The number of hydrogen-bond donors (Lipinski definition) is 2. The summed E-state index contributed by atoms with van der Waals surface area (Å²) in [6, 6.07) is 7.77. The van der Waals surface area contributed by atoms with Crippen molar-refractivity contribution in [2.75, 3.05) is 34.3 Å². The third-order valence-corrected chi connectivity index (χ3v) is 3.05. The van der Waals surface area contributed by atoms with Gasteiger partial charge in [-0.15, -0.1) is 0 Å². The van der Waals surface area contributed by atoms with Gasteiger partial charge in [0.05, 0.1) is 20.2 Å². The molecular formula is C16H26N4O2. The molecule has 1 rings (SSSR count). The first kappa shape index (κ1) is 17.8. The average Bonchev–Trinajstić information content (AvgIpc) is 2.53. The lowest BCUT2D eigenvalue weighted by atomic mass is 10.2. The number of amides is 1. The van der Waals surface area contributed by atoms with E-state index in [1.807, 2.05) is 24.3 Å². The second kappa shape index (κ2) is 9.65. The molecule has 0 spiro atoms. The Morgan fingerprint density at radius 3 is 2.64 bits per heavy atom. The SMILES string of the molecule is CCCNC(=NCc1ccccc1OC)NCC(=O)N(C)C. The van der Waals surface area contributed by atoms with Crippen LogP contribution in [0.4, 0.5) is 0 Å². The largest absolute Gasteiger partial charge is 0.496 e. The molecule has 0 aliphatic carbocycles. The normalized spacial score (nSPS) is 11.0. The Bertz CT molecular complexity index is 501. The summed E-state index contributed by atoms with van der Waals surface area (Å²) in [6.07, 6.45) is 0.983. The van der Waals surface area contributed by atoms with Crippen LogP contribution in [0.25, 0.3) is 0 Å². The van der Waals surface area contributed by atoms with Crippen molar-refractivity contribution < 1.29 is 9.53 Å². The molecule has 0 bridgehead atoms. The summed E-state index contributed by atoms with van der Waals surface area (Å²) in [7, 11) is 5.11. The van der Waals surface area contributed by atoms with Crippen molar-refractivity contribution in [2.45, 2.75) is 19.9 Å². The van der Waals surface area contributed by atoms with Crippen LogP contribution < -0.4 is 15.4 Å². The molecule has 1 amide bonds. The van der Waals surface area contributed by atoms with Gasteiger partial charge in [-0.25, -0.2) is 4.99 Å². The first-order valence-electron chi connectivity index (χ1n) is 7.42. The van der Waals surface area contributed by atoms with E-state index >= 15 is 0 Å². The van der Waals surface area contributed by atoms with Crippen LogP contribution in [0.5, 0.6) is 5.75 Å². The van der Waals surface area contributed by atoms with Gasteiger partial charge < -0.3 is 20.3 Å². The molecule has 0 saturated carbocycles. The number of aliphatic imine (C=N–C) groups is 1. The number of likely N-dealkylation sites (N-methyl/N-ethyl adjacent to an activating group) is 1. The highest BCUT2D eigenvalue weighted by Gasteiger charge is 2.06. The summed E-state index contributed by atoms with van der Waals surface area (Å²) in [5, 5.41) is 6.25. The fourth-order valence-electron chi connectivity index (χ4n) is 1.73. The highest BCUT2D eigenvalue weighted by molar-refractivity contribution is 5.86. The van der Waals surface area contributed by atoms with Crippen LogP contribution >= 0.6 is 0 Å². The van der Waals surface area contributed by atoms with E-state index in [-0.39, 0.29) is 12.5 Å². The van der Waals surface area contributed by atoms with Crippen molar-refractivity contribution in [1.29, 1.82) is 0 Å². The summed E-state index contributed by atoms with van der Waals surface area (Å²) in [4.78, 5) is 17.7. The molecule has 1 aromatic carbocycles. The highest BCUT2D eigenvalue weighted by atomic mass is 16.5. The Kier molecular flexibility index (Phi) is 7.81. The third kappa shape index (κ3) is 6.03. The molecule has 0 aliphatic heterocycles. The Balaban J connectivity index is 2.71. The lowest BCUT2D eigenvalue weighted by Crippen LogP contribution is -2.43. The Labute approximate surface area is 132 Å². The van der Waals surface area contributed by atoms with E-state index in [1.54, 1.807) is 26.1 Å². The number of hydrogen-bond acceptors (Lipinski definition) is 3. The fraction of sp³-hybridized carbons (Fsp3) is 0.500. The minimum absolute atomic E-state index is 0.00305. The molecule has 22 heavy (non-hydrogen) atoms. The molecule has 0 fully saturated rings. The highest BCUT2D eigenvalue weighted by Crippen LogP contribution is 2.17. The van der Waals surface area contributed by atoms with E-state index in [1.165, 1.54) is 0 Å². The lowest BCUT2D eigenvalue weighted by molar-refractivity contribution is -0.127. The van der Waals surface area contributed by atoms with Gasteiger partial charge in [-0.1, -0.05) is 25.1 Å². The molecule has 6 heteroatoms. The van der Waals surface area contributed by atoms with E-state index in [9.17, 15) is 4.79 Å². The minimum atomic E-state index is 0.00305. The van der Waals surface area contributed by atoms with Gasteiger partial charge in [-0.3, -0.25) is 4.79 Å². The topological polar surface area (TPSA) is 66.0 Å². The zero-order valence-corrected chi connectivity index (χ0v) is 13.8. The number of nitrogens with one attached hydrogen (secondary N) is 2. The summed E-state index contributed by atoms with van der Waals surface area (Å²) in [6.45, 7) is 3.58. The number of nitrogens with zero attached hydrogens (tertiary/aromatic N) is 2. The molecule has 122 valence electrons. The van der Waals surface area contributed by atoms with Crippen molar-refractivity contribution in [2.24, 2.45) is 4.99 Å². The zero-order chi connectivity index (χ0) is 16.4. The fourth-order valence-corrected chi connectivity index (χ4v) is 1.73. The van der Waals surface area contributed by atoms with Crippen molar-refractivity contribution in [3.63, 3.8) is 0 Å². The molecule has 0 saturated heterocycles. The smallest absolute Gasteiger partial charge is 0.241 e. The maximum atomic E-state index is 11.7. The monoisotopic (exact) mass is 306 g/mol. The van der Waals surface area contributed by atoms with Gasteiger partial charge >= 0.3 is 0 Å². The van der Waals surface area contributed by atoms with Crippen LogP contribution in [0.3, 0.4) is 0 Å². The van der Waals surface area contributed by atoms with Gasteiger partial charge in [0.15, 0.2) is 5.96 Å². The van der Waals surface area contributed by atoms with Crippen molar-refractivity contribution >= 4 is 11.9 Å². The Morgan fingerprint density at radius 2 is 2.00 bits per heavy atom. The second-order valence-electron chi connectivity index (χ2n) is 5.05. The summed E-state index contributed by atoms with van der Waals surface area (Å²) >= 11 is 0. The molecule has 2 N–H and O–H groups in total. The van der Waals surface area contributed by atoms with E-state index < -0.39 is 0 Å². The predicted molar refractivity (Wildman–Crippen MR) is 89.1 cm³/mol. The molecular weight excluding hydrogens is 280 g/mol. The van der Waals surface area contributed by atoms with Crippen molar-refractivity contribution in [1.82, 2.24) is 15.5 Å². The Hall–Kier alpha value is -2.24. The number of carbonyl (C=O) groups is 1. The number of benzene rings is 1. The molecule has 0 aliphatic rings. The lowest BCUT2D eigenvalue weighted by Gasteiger charge is -2.15. The maximum absolute atomic E-state index is 11.7.